The maximum atomic E-state index is 14.2. The lowest BCUT2D eigenvalue weighted by Crippen LogP contribution is -2.65. The fourth-order valence-corrected chi connectivity index (χ4v) is 8.46. The van der Waals surface area contributed by atoms with E-state index in [0.29, 0.717) is 29.5 Å². The monoisotopic (exact) mass is 579 g/mol. The van der Waals surface area contributed by atoms with Crippen molar-refractivity contribution in [2.75, 3.05) is 46.2 Å². The summed E-state index contributed by atoms with van der Waals surface area (Å²) < 4.78 is 0. The Bertz CT molecular complexity index is 1470. The first-order valence-corrected chi connectivity index (χ1v) is 14.8. The summed E-state index contributed by atoms with van der Waals surface area (Å²) in [5.41, 5.74) is -0.536. The standard InChI is InChI=1S/C32H41N3O7/c1-16(36)22-28(39)25(34(4)5)20-12-17-11-19-21(33(2)3)13-18(14-35-10-9-31(15-35)7-6-8-31)26(37)24(19)27(38)23(17)30(41)32(20,42)29(22)40/h13,17,20,25,37-38,40,42H,6-12,14-15H2,1-5H3/t17-,20-,25-,32+/m0/s1. The minimum atomic E-state index is -2.56. The fourth-order valence-electron chi connectivity index (χ4n) is 8.46. The van der Waals surface area contributed by atoms with Gasteiger partial charge in [-0.05, 0) is 82.6 Å². The third-order valence-corrected chi connectivity index (χ3v) is 10.7. The molecule has 6 rings (SSSR count). The lowest BCUT2D eigenvalue weighted by molar-refractivity contribution is -0.153. The van der Waals surface area contributed by atoms with Gasteiger partial charge in [0.2, 0.25) is 5.78 Å². The minimum Gasteiger partial charge on any atom is -0.508 e. The van der Waals surface area contributed by atoms with Crippen molar-refractivity contribution in [1.29, 1.82) is 0 Å². The fraction of sp³-hybridized carbons (Fsp3) is 0.594. The molecule has 0 radical (unpaired) electrons. The molecule has 5 aliphatic rings. The molecule has 1 aliphatic heterocycles. The Morgan fingerprint density at radius 2 is 1.79 bits per heavy atom. The average molecular weight is 580 g/mol. The molecule has 1 saturated heterocycles. The number of aromatic hydroxyl groups is 1. The maximum absolute atomic E-state index is 14.2. The van der Waals surface area contributed by atoms with Crippen molar-refractivity contribution in [3.8, 4) is 5.75 Å². The zero-order chi connectivity index (χ0) is 30.5. The number of phenols is 1. The molecule has 0 amide bonds. The van der Waals surface area contributed by atoms with Gasteiger partial charge in [0.1, 0.15) is 22.8 Å². The summed E-state index contributed by atoms with van der Waals surface area (Å²) in [4.78, 5) is 45.8. The third-order valence-electron chi connectivity index (χ3n) is 10.7. The van der Waals surface area contributed by atoms with Crippen LogP contribution in [-0.4, -0.2) is 100 Å². The van der Waals surface area contributed by atoms with Crippen LogP contribution in [0.15, 0.2) is 23.0 Å². The number of ketones is 3. The van der Waals surface area contributed by atoms with Gasteiger partial charge in [-0.2, -0.15) is 0 Å². The van der Waals surface area contributed by atoms with Gasteiger partial charge in [0, 0.05) is 49.9 Å². The zero-order valence-electron chi connectivity index (χ0n) is 25.0. The first kappa shape index (κ1) is 28.9. The Balaban J connectivity index is 1.48. The molecule has 226 valence electrons. The molecule has 1 aromatic rings. The van der Waals surface area contributed by atoms with E-state index in [2.05, 4.69) is 4.90 Å². The quantitative estimate of drug-likeness (QED) is 0.385. The molecule has 10 nitrogen and oxygen atoms in total. The number of fused-ring (bicyclic) bond motifs is 3. The number of nitrogens with zero attached hydrogens (tertiary/aromatic N) is 3. The Hall–Kier alpha value is -3.21. The minimum absolute atomic E-state index is 0.0886. The van der Waals surface area contributed by atoms with Crippen molar-refractivity contribution >= 4 is 28.8 Å². The van der Waals surface area contributed by atoms with Crippen LogP contribution < -0.4 is 4.90 Å². The average Bonchev–Trinajstić information content (AvgIpc) is 3.32. The molecule has 4 atom stereocenters. The van der Waals surface area contributed by atoms with Crippen LogP contribution in [0.3, 0.4) is 0 Å². The van der Waals surface area contributed by atoms with Gasteiger partial charge in [-0.15, -0.1) is 0 Å². The first-order valence-electron chi connectivity index (χ1n) is 14.8. The van der Waals surface area contributed by atoms with Crippen LogP contribution in [0.25, 0.3) is 5.76 Å². The molecular weight excluding hydrogens is 538 g/mol. The second-order valence-electron chi connectivity index (χ2n) is 13.6. The van der Waals surface area contributed by atoms with Gasteiger partial charge in [-0.25, -0.2) is 0 Å². The van der Waals surface area contributed by atoms with E-state index in [1.54, 1.807) is 19.0 Å². The van der Waals surface area contributed by atoms with Crippen molar-refractivity contribution in [3.63, 3.8) is 0 Å². The van der Waals surface area contributed by atoms with Crippen LogP contribution in [0.1, 0.15) is 55.7 Å². The van der Waals surface area contributed by atoms with Crippen molar-refractivity contribution < 1.29 is 34.8 Å². The molecular formula is C32H41N3O7. The topological polar surface area (TPSA) is 142 Å². The van der Waals surface area contributed by atoms with E-state index in [-0.39, 0.29) is 23.3 Å². The van der Waals surface area contributed by atoms with Crippen LogP contribution in [0.5, 0.6) is 5.75 Å². The molecule has 0 aromatic heterocycles. The van der Waals surface area contributed by atoms with Gasteiger partial charge < -0.3 is 25.3 Å². The lowest BCUT2D eigenvalue weighted by atomic mass is 9.57. The Morgan fingerprint density at radius 1 is 1.10 bits per heavy atom. The highest BCUT2D eigenvalue weighted by molar-refractivity contribution is 6.25. The summed E-state index contributed by atoms with van der Waals surface area (Å²) in [6.45, 7) is 3.52. The molecule has 0 bridgehead atoms. The maximum Gasteiger partial charge on any atom is 0.202 e. The van der Waals surface area contributed by atoms with Crippen molar-refractivity contribution in [2.45, 2.75) is 63.6 Å². The molecule has 4 aliphatic carbocycles. The Labute approximate surface area is 245 Å². The van der Waals surface area contributed by atoms with Gasteiger partial charge in [0.25, 0.3) is 0 Å². The number of hydrogen-bond donors (Lipinski definition) is 4. The number of anilines is 1. The highest BCUT2D eigenvalue weighted by Gasteiger charge is 2.64. The van der Waals surface area contributed by atoms with E-state index in [4.69, 9.17) is 0 Å². The summed E-state index contributed by atoms with van der Waals surface area (Å²) in [7, 11) is 7.04. The lowest BCUT2D eigenvalue weighted by Gasteiger charge is -2.50. The van der Waals surface area contributed by atoms with E-state index < -0.39 is 57.9 Å². The summed E-state index contributed by atoms with van der Waals surface area (Å²) in [6, 6.07) is 0.932. The van der Waals surface area contributed by atoms with Gasteiger partial charge in [0.15, 0.2) is 17.2 Å². The largest absolute Gasteiger partial charge is 0.508 e. The number of carbonyl (C=O) groups is 3. The molecule has 1 aromatic carbocycles. The van der Waals surface area contributed by atoms with Crippen LogP contribution >= 0.6 is 0 Å². The third kappa shape index (κ3) is 3.91. The SMILES string of the molecule is CC(=O)C1=C(O)[C@@]2(O)C(=O)C3=C(O)c4c(O)c(CN5CCC6(CCC6)C5)cc(N(C)C)c4C[C@H]3C[C@H]2[C@H](N(C)C)C1=O. The summed E-state index contributed by atoms with van der Waals surface area (Å²) in [5.74, 6) is -5.41. The number of phenolic OH excluding ortho intramolecular Hbond substituents is 1. The Kier molecular flexibility index (Phi) is 6.64. The summed E-state index contributed by atoms with van der Waals surface area (Å²) in [5, 5.41) is 46.4. The van der Waals surface area contributed by atoms with Crippen LogP contribution in [-0.2, 0) is 27.3 Å². The molecule has 4 N–H and O–H groups in total. The molecule has 2 saturated carbocycles. The number of likely N-dealkylation sites (N-methyl/N-ethyl adjacent to an activating group) is 1. The summed E-state index contributed by atoms with van der Waals surface area (Å²) >= 11 is 0. The molecule has 1 heterocycles. The van der Waals surface area contributed by atoms with Crippen LogP contribution in [0.4, 0.5) is 5.69 Å². The second kappa shape index (κ2) is 9.65. The van der Waals surface area contributed by atoms with Crippen molar-refractivity contribution in [1.82, 2.24) is 9.80 Å². The highest BCUT2D eigenvalue weighted by atomic mass is 16.3. The normalized spacial score (nSPS) is 30.4. The first-order chi connectivity index (χ1) is 19.7. The van der Waals surface area contributed by atoms with E-state index in [9.17, 15) is 34.8 Å². The smallest absolute Gasteiger partial charge is 0.202 e. The number of aliphatic hydroxyl groups excluding tert-OH is 2. The van der Waals surface area contributed by atoms with E-state index in [0.717, 1.165) is 32.1 Å². The number of hydrogen-bond acceptors (Lipinski definition) is 10. The van der Waals surface area contributed by atoms with Gasteiger partial charge in [0.05, 0.1) is 11.6 Å². The predicted molar refractivity (Wildman–Crippen MR) is 156 cm³/mol. The number of benzene rings is 1. The highest BCUT2D eigenvalue weighted by Crippen LogP contribution is 2.54. The molecule has 1 spiro atoms. The Morgan fingerprint density at radius 3 is 2.33 bits per heavy atom. The number of likely N-dealkylation sites (tertiary alicyclic amines) is 1. The van der Waals surface area contributed by atoms with E-state index >= 15 is 0 Å². The zero-order valence-corrected chi connectivity index (χ0v) is 25.0. The van der Waals surface area contributed by atoms with E-state index in [1.807, 2.05) is 25.1 Å². The number of rotatable bonds is 5. The van der Waals surface area contributed by atoms with Crippen molar-refractivity contribution in [2.24, 2.45) is 17.3 Å². The molecule has 0 unspecified atom stereocenters. The van der Waals surface area contributed by atoms with E-state index in [1.165, 1.54) is 19.3 Å². The van der Waals surface area contributed by atoms with Crippen LogP contribution in [0, 0.1) is 17.3 Å². The second-order valence-corrected chi connectivity index (χ2v) is 13.6. The van der Waals surface area contributed by atoms with Gasteiger partial charge in [-0.3, -0.25) is 24.2 Å². The van der Waals surface area contributed by atoms with Gasteiger partial charge >= 0.3 is 0 Å². The number of carbonyl (C=O) groups excluding carboxylic acids is 3. The molecule has 10 heteroatoms. The number of aliphatic hydroxyl groups is 3. The molecule has 3 fully saturated rings. The molecule has 42 heavy (non-hydrogen) atoms. The predicted octanol–water partition coefficient (Wildman–Crippen LogP) is 2.51. The van der Waals surface area contributed by atoms with Gasteiger partial charge in [-0.1, -0.05) is 6.42 Å². The number of Topliss-reactive ketones (excluding diaryl/α,β-unsaturated/α-hetero) is 3. The van der Waals surface area contributed by atoms with Crippen LogP contribution in [0.2, 0.25) is 0 Å². The summed E-state index contributed by atoms with van der Waals surface area (Å²) in [6.07, 6.45) is 5.26. The van der Waals surface area contributed by atoms with Crippen molar-refractivity contribution in [3.05, 3.63) is 39.7 Å².